The van der Waals surface area contributed by atoms with Gasteiger partial charge in [0.1, 0.15) is 11.4 Å². The van der Waals surface area contributed by atoms with E-state index < -0.39 is 18.2 Å². The fourth-order valence-electron chi connectivity index (χ4n) is 4.34. The first-order chi connectivity index (χ1) is 18.8. The van der Waals surface area contributed by atoms with Gasteiger partial charge in [0.2, 0.25) is 5.88 Å². The van der Waals surface area contributed by atoms with E-state index in [2.05, 4.69) is 39.0 Å². The van der Waals surface area contributed by atoms with E-state index >= 15 is 4.39 Å². The van der Waals surface area contributed by atoms with Gasteiger partial charge >= 0.3 is 0 Å². The highest BCUT2D eigenvalue weighted by molar-refractivity contribution is 6.25. The van der Waals surface area contributed by atoms with Gasteiger partial charge in [0.15, 0.2) is 12.3 Å². The maximum absolute atomic E-state index is 15.4. The van der Waals surface area contributed by atoms with Gasteiger partial charge < -0.3 is 31.3 Å². The van der Waals surface area contributed by atoms with Crippen LogP contribution in [0.25, 0.3) is 0 Å². The zero-order chi connectivity index (χ0) is 28.4. The van der Waals surface area contributed by atoms with Crippen molar-refractivity contribution in [3.8, 4) is 0 Å². The van der Waals surface area contributed by atoms with Crippen LogP contribution in [0.5, 0.6) is 0 Å². The number of nitrogens with zero attached hydrogens (tertiary/aromatic N) is 3. The standard InChI is InChI=1S/C29H40FN7O2/c1-6-22-23(33-7-2)13-14-24(26(22)30)39-27(31)25(29(38)36(4)5)28(34-8-3)35-21-11-9-20(10-12-21)19-37-17-15-32-16-18-37/h6,8-14,24,26,32-33H,1,3,7,15-19,31H2,2,4-5H3,(H,34,35)/b27-25-. The second-order valence-electron chi connectivity index (χ2n) is 9.39. The fourth-order valence-corrected chi connectivity index (χ4v) is 4.34. The van der Waals surface area contributed by atoms with Gasteiger partial charge in [0, 0.05) is 76.5 Å². The molecule has 9 nitrogen and oxygen atoms in total. The molecule has 0 saturated carbocycles. The molecule has 1 aliphatic heterocycles. The summed E-state index contributed by atoms with van der Waals surface area (Å²) in [4.78, 5) is 21.3. The number of nitrogens with one attached hydrogen (secondary N) is 3. The van der Waals surface area contributed by atoms with Crippen molar-refractivity contribution in [2.45, 2.75) is 25.7 Å². The third kappa shape index (κ3) is 7.81. The van der Waals surface area contributed by atoms with Gasteiger partial charge in [-0.1, -0.05) is 31.4 Å². The topological polar surface area (TPSA) is 107 Å². The molecule has 0 spiro atoms. The number of piperazine rings is 1. The van der Waals surface area contributed by atoms with E-state index in [1.165, 1.54) is 22.7 Å². The second-order valence-corrected chi connectivity index (χ2v) is 9.39. The van der Waals surface area contributed by atoms with Crippen LogP contribution >= 0.6 is 0 Å². The average molecular weight is 538 g/mol. The van der Waals surface area contributed by atoms with Crippen molar-refractivity contribution in [3.05, 3.63) is 90.1 Å². The molecule has 1 heterocycles. The lowest BCUT2D eigenvalue weighted by atomic mass is 9.97. The Morgan fingerprint density at radius 2 is 1.97 bits per heavy atom. The highest BCUT2D eigenvalue weighted by Crippen LogP contribution is 2.26. The maximum Gasteiger partial charge on any atom is 0.262 e. The monoisotopic (exact) mass is 537 g/mol. The number of anilines is 1. The minimum absolute atomic E-state index is 0.0352. The van der Waals surface area contributed by atoms with E-state index in [1.807, 2.05) is 31.2 Å². The number of ether oxygens (including phenoxy) is 1. The number of amidine groups is 1. The Morgan fingerprint density at radius 1 is 1.28 bits per heavy atom. The van der Waals surface area contributed by atoms with Crippen LogP contribution < -0.4 is 21.7 Å². The summed E-state index contributed by atoms with van der Waals surface area (Å²) >= 11 is 0. The number of halogens is 1. The maximum atomic E-state index is 15.4. The van der Waals surface area contributed by atoms with Gasteiger partial charge in [-0.3, -0.25) is 9.69 Å². The van der Waals surface area contributed by atoms with Crippen LogP contribution in [-0.2, 0) is 16.1 Å². The molecule has 1 aromatic carbocycles. The average Bonchev–Trinajstić information content (AvgIpc) is 2.92. The van der Waals surface area contributed by atoms with E-state index in [0.29, 0.717) is 23.5 Å². The lowest BCUT2D eigenvalue weighted by Crippen LogP contribution is -2.42. The molecule has 2 unspecified atom stereocenters. The van der Waals surface area contributed by atoms with Crippen molar-refractivity contribution < 1.29 is 13.9 Å². The van der Waals surface area contributed by atoms with Crippen LogP contribution in [0.1, 0.15) is 12.5 Å². The number of alkyl halides is 1. The Labute approximate surface area is 230 Å². The molecule has 1 saturated heterocycles. The highest BCUT2D eigenvalue weighted by Gasteiger charge is 2.31. The van der Waals surface area contributed by atoms with E-state index in [-0.39, 0.29) is 17.3 Å². The van der Waals surface area contributed by atoms with Gasteiger partial charge in [-0.15, -0.1) is 0 Å². The third-order valence-corrected chi connectivity index (χ3v) is 6.36. The molecule has 0 radical (unpaired) electrons. The summed E-state index contributed by atoms with van der Waals surface area (Å²) in [7, 11) is 3.18. The zero-order valence-electron chi connectivity index (χ0n) is 23.0. The van der Waals surface area contributed by atoms with Crippen molar-refractivity contribution in [3.63, 3.8) is 0 Å². The normalized spacial score (nSPS) is 20.7. The molecular weight excluding hydrogens is 497 g/mol. The number of allylic oxidation sites excluding steroid dienone is 2. The highest BCUT2D eigenvalue weighted by atomic mass is 19.1. The largest absolute Gasteiger partial charge is 0.468 e. The Kier molecular flexibility index (Phi) is 10.9. The van der Waals surface area contributed by atoms with Crippen LogP contribution in [0.2, 0.25) is 0 Å². The Bertz CT molecular complexity index is 1150. The Morgan fingerprint density at radius 3 is 2.56 bits per heavy atom. The number of rotatable bonds is 11. The smallest absolute Gasteiger partial charge is 0.262 e. The SMILES string of the molecule is C=CN=C(Nc1ccc(CN2CCNCC2)cc1)/C(C(=O)N(C)C)=C(\N)OC1C=CC(NCC)=C(C=C)C1F. The van der Waals surface area contributed by atoms with Crippen LogP contribution in [0.15, 0.2) is 89.6 Å². The number of nitrogens with two attached hydrogens (primary N) is 1. The third-order valence-electron chi connectivity index (χ3n) is 6.36. The predicted molar refractivity (Wildman–Crippen MR) is 156 cm³/mol. The molecule has 39 heavy (non-hydrogen) atoms. The summed E-state index contributed by atoms with van der Waals surface area (Å²) in [6, 6.07) is 7.88. The van der Waals surface area contributed by atoms with E-state index in [4.69, 9.17) is 10.5 Å². The molecule has 1 amide bonds. The Balaban J connectivity index is 1.85. The van der Waals surface area contributed by atoms with Crippen LogP contribution in [0, 0.1) is 0 Å². The summed E-state index contributed by atoms with van der Waals surface area (Å²) in [6.07, 6.45) is 3.45. The van der Waals surface area contributed by atoms with Crippen LogP contribution in [0.3, 0.4) is 0 Å². The number of amides is 1. The molecular formula is C29H40FN7O2. The van der Waals surface area contributed by atoms with Gasteiger partial charge in [0.25, 0.3) is 5.91 Å². The van der Waals surface area contributed by atoms with E-state index in [0.717, 1.165) is 32.7 Å². The summed E-state index contributed by atoms with van der Waals surface area (Å²) in [6.45, 7) is 14.8. The zero-order valence-corrected chi connectivity index (χ0v) is 23.0. The van der Waals surface area contributed by atoms with E-state index in [1.54, 1.807) is 26.2 Å². The minimum atomic E-state index is -1.54. The summed E-state index contributed by atoms with van der Waals surface area (Å²) < 4.78 is 21.2. The second kappa shape index (κ2) is 14.3. The molecule has 5 N–H and O–H groups in total. The van der Waals surface area contributed by atoms with Gasteiger partial charge in [-0.05, 0) is 36.8 Å². The number of hydrogen-bond donors (Lipinski definition) is 4. The number of benzene rings is 1. The summed E-state index contributed by atoms with van der Waals surface area (Å²) in [5.74, 6) is -0.581. The summed E-state index contributed by atoms with van der Waals surface area (Å²) in [5, 5.41) is 9.63. The molecule has 1 aliphatic carbocycles. The quantitative estimate of drug-likeness (QED) is 0.149. The molecule has 0 bridgehead atoms. The number of carbonyl (C=O) groups excluding carboxylic acids is 1. The first-order valence-electron chi connectivity index (χ1n) is 13.1. The number of likely N-dealkylation sites (N-methyl/N-ethyl adjacent to an activating group) is 2. The van der Waals surface area contributed by atoms with E-state index in [9.17, 15) is 4.79 Å². The molecule has 2 atom stereocenters. The fraction of sp³-hybridized carbons (Fsp3) is 0.379. The lowest BCUT2D eigenvalue weighted by Gasteiger charge is -2.27. The molecule has 0 aromatic heterocycles. The number of carbonyl (C=O) groups is 1. The summed E-state index contributed by atoms with van der Waals surface area (Å²) in [5.41, 5.74) is 9.15. The van der Waals surface area contributed by atoms with Gasteiger partial charge in [-0.2, -0.15) is 0 Å². The molecule has 3 rings (SSSR count). The Hall–Kier alpha value is -3.89. The van der Waals surface area contributed by atoms with Crippen molar-refractivity contribution in [2.24, 2.45) is 10.7 Å². The molecule has 10 heteroatoms. The number of hydrogen-bond acceptors (Lipinski definition) is 7. The molecule has 1 fully saturated rings. The first-order valence-corrected chi connectivity index (χ1v) is 13.1. The molecule has 210 valence electrons. The lowest BCUT2D eigenvalue weighted by molar-refractivity contribution is -0.124. The first kappa shape index (κ1) is 29.7. The number of aliphatic imine (C=N–C) groups is 1. The van der Waals surface area contributed by atoms with Crippen LogP contribution in [-0.4, -0.2) is 80.6 Å². The van der Waals surface area contributed by atoms with Gasteiger partial charge in [0.05, 0.1) is 0 Å². The minimum Gasteiger partial charge on any atom is -0.468 e. The predicted octanol–water partition coefficient (Wildman–Crippen LogP) is 2.65. The molecule has 1 aromatic rings. The van der Waals surface area contributed by atoms with Crippen molar-refractivity contribution >= 4 is 17.4 Å². The van der Waals surface area contributed by atoms with Crippen molar-refractivity contribution in [1.29, 1.82) is 0 Å². The van der Waals surface area contributed by atoms with Gasteiger partial charge in [-0.25, -0.2) is 9.38 Å². The molecule has 2 aliphatic rings. The van der Waals surface area contributed by atoms with Crippen molar-refractivity contribution in [2.75, 3.05) is 52.1 Å². The van der Waals surface area contributed by atoms with Crippen molar-refractivity contribution in [1.82, 2.24) is 20.4 Å². The van der Waals surface area contributed by atoms with Crippen LogP contribution in [0.4, 0.5) is 10.1 Å².